The lowest BCUT2D eigenvalue weighted by molar-refractivity contribution is -0.116. The molecule has 0 aliphatic heterocycles. The molecule has 1 N–H and O–H groups in total. The van der Waals surface area contributed by atoms with E-state index in [1.165, 1.54) is 12.1 Å². The van der Waals surface area contributed by atoms with Gasteiger partial charge in [0.25, 0.3) is 0 Å². The van der Waals surface area contributed by atoms with Crippen molar-refractivity contribution < 1.29 is 13.6 Å². The summed E-state index contributed by atoms with van der Waals surface area (Å²) in [6.07, 6.45) is 3.97. The summed E-state index contributed by atoms with van der Waals surface area (Å²) >= 11 is 1.57. The van der Waals surface area contributed by atoms with Crippen LogP contribution in [0.2, 0.25) is 0 Å². The summed E-state index contributed by atoms with van der Waals surface area (Å²) in [5, 5.41) is 5.73. The smallest absolute Gasteiger partial charge is 0.224 e. The summed E-state index contributed by atoms with van der Waals surface area (Å²) in [4.78, 5) is 20.6. The second-order valence-electron chi connectivity index (χ2n) is 6.09. The molecule has 0 fully saturated rings. The Labute approximate surface area is 164 Å². The molecule has 0 bridgehead atoms. The highest BCUT2D eigenvalue weighted by Crippen LogP contribution is 2.24. The Bertz CT molecular complexity index is 1060. The van der Waals surface area contributed by atoms with E-state index in [1.807, 2.05) is 29.6 Å². The van der Waals surface area contributed by atoms with E-state index in [0.29, 0.717) is 18.1 Å². The van der Waals surface area contributed by atoms with Crippen molar-refractivity contribution >= 4 is 22.9 Å². The van der Waals surface area contributed by atoms with Gasteiger partial charge in [0.2, 0.25) is 5.91 Å². The lowest BCUT2D eigenvalue weighted by atomic mass is 10.2. The summed E-state index contributed by atoms with van der Waals surface area (Å²) < 4.78 is 18.6. The van der Waals surface area contributed by atoms with Crippen LogP contribution in [0.15, 0.2) is 70.7 Å². The Morgan fingerprint density at radius 2 is 1.79 bits per heavy atom. The van der Waals surface area contributed by atoms with Gasteiger partial charge in [0.15, 0.2) is 11.7 Å². The fourth-order valence-corrected chi connectivity index (χ4v) is 3.32. The number of thiazole rings is 1. The van der Waals surface area contributed by atoms with Gasteiger partial charge in [-0.2, -0.15) is 0 Å². The molecule has 1 amide bonds. The van der Waals surface area contributed by atoms with Crippen LogP contribution < -0.4 is 5.32 Å². The first kappa shape index (κ1) is 18.1. The predicted octanol–water partition coefficient (Wildman–Crippen LogP) is 5.18. The molecule has 0 spiro atoms. The molecule has 0 atom stereocenters. The highest BCUT2D eigenvalue weighted by Gasteiger charge is 2.10. The normalized spacial score (nSPS) is 10.8. The maximum Gasteiger partial charge on any atom is 0.224 e. The number of carbonyl (C=O) groups is 1. The number of aryl methyl sites for hydroxylation is 1. The molecular weight excluding hydrogens is 377 g/mol. The average Bonchev–Trinajstić information content (AvgIpc) is 3.40. The number of carbonyl (C=O) groups excluding carboxylic acids is 1. The molecule has 0 saturated carbocycles. The van der Waals surface area contributed by atoms with Crippen molar-refractivity contribution in [3.05, 3.63) is 78.0 Å². The van der Waals surface area contributed by atoms with Crippen LogP contribution in [0, 0.1) is 5.82 Å². The first-order valence-electron chi connectivity index (χ1n) is 8.68. The zero-order chi connectivity index (χ0) is 19.3. The fraction of sp³-hybridized carbons (Fsp3) is 0.0952. The zero-order valence-corrected chi connectivity index (χ0v) is 15.6. The highest BCUT2D eigenvalue weighted by molar-refractivity contribution is 7.13. The SMILES string of the molecule is O=C(CCc1ncc(-c2ccc(F)cc2)o1)Nc1ccc(-c2nccs2)cc1. The Morgan fingerprint density at radius 1 is 1.04 bits per heavy atom. The van der Waals surface area contributed by atoms with Crippen molar-refractivity contribution in [2.24, 2.45) is 0 Å². The summed E-state index contributed by atoms with van der Waals surface area (Å²) in [6, 6.07) is 13.5. The number of oxazole rings is 1. The van der Waals surface area contributed by atoms with Crippen molar-refractivity contribution in [2.45, 2.75) is 12.8 Å². The third-order valence-corrected chi connectivity index (χ3v) is 4.92. The third-order valence-electron chi connectivity index (χ3n) is 4.10. The van der Waals surface area contributed by atoms with Crippen LogP contribution in [0.5, 0.6) is 0 Å². The number of aromatic nitrogens is 2. The zero-order valence-electron chi connectivity index (χ0n) is 14.8. The molecule has 4 aromatic rings. The Balaban J connectivity index is 1.31. The lowest BCUT2D eigenvalue weighted by Gasteiger charge is -2.05. The molecule has 0 unspecified atom stereocenters. The fourth-order valence-electron chi connectivity index (χ4n) is 2.68. The molecule has 0 radical (unpaired) electrons. The van der Waals surface area contributed by atoms with Gasteiger partial charge in [-0.05, 0) is 48.5 Å². The van der Waals surface area contributed by atoms with E-state index in [-0.39, 0.29) is 18.1 Å². The van der Waals surface area contributed by atoms with E-state index in [0.717, 1.165) is 21.8 Å². The number of amides is 1. The first-order chi connectivity index (χ1) is 13.7. The maximum atomic E-state index is 13.0. The minimum Gasteiger partial charge on any atom is -0.441 e. The van der Waals surface area contributed by atoms with E-state index >= 15 is 0 Å². The summed E-state index contributed by atoms with van der Waals surface area (Å²) in [5.74, 6) is 0.588. The van der Waals surface area contributed by atoms with Crippen molar-refractivity contribution in [1.82, 2.24) is 9.97 Å². The van der Waals surface area contributed by atoms with Gasteiger partial charge >= 0.3 is 0 Å². The molecule has 2 heterocycles. The standard InChI is InChI=1S/C21H16FN3O2S/c22-16-5-1-14(2-6-16)18-13-24-20(27-18)10-9-19(26)25-17-7-3-15(4-8-17)21-23-11-12-28-21/h1-8,11-13H,9-10H2,(H,25,26). The van der Waals surface area contributed by atoms with Gasteiger partial charge in [-0.25, -0.2) is 14.4 Å². The number of anilines is 1. The number of halogens is 1. The van der Waals surface area contributed by atoms with Crippen LogP contribution >= 0.6 is 11.3 Å². The number of benzene rings is 2. The highest BCUT2D eigenvalue weighted by atomic mass is 32.1. The Morgan fingerprint density at radius 3 is 2.50 bits per heavy atom. The van der Waals surface area contributed by atoms with Crippen molar-refractivity contribution in [2.75, 3.05) is 5.32 Å². The molecule has 0 saturated heterocycles. The molecule has 0 aliphatic rings. The molecule has 5 nitrogen and oxygen atoms in total. The maximum absolute atomic E-state index is 13.0. The third kappa shape index (κ3) is 4.32. The summed E-state index contributed by atoms with van der Waals surface area (Å²) in [7, 11) is 0. The second kappa shape index (κ2) is 8.14. The topological polar surface area (TPSA) is 68.0 Å². The molecule has 7 heteroatoms. The van der Waals surface area contributed by atoms with Gasteiger partial charge in [0.05, 0.1) is 6.20 Å². The van der Waals surface area contributed by atoms with Gasteiger partial charge < -0.3 is 9.73 Å². The van der Waals surface area contributed by atoms with E-state index in [4.69, 9.17) is 4.42 Å². The molecule has 0 aliphatic carbocycles. The van der Waals surface area contributed by atoms with Gasteiger partial charge in [-0.1, -0.05) is 0 Å². The number of hydrogen-bond acceptors (Lipinski definition) is 5. The first-order valence-corrected chi connectivity index (χ1v) is 9.56. The number of hydrogen-bond donors (Lipinski definition) is 1. The molecule has 2 aromatic carbocycles. The van der Waals surface area contributed by atoms with Crippen LogP contribution in [0.25, 0.3) is 21.9 Å². The van der Waals surface area contributed by atoms with Gasteiger partial charge in [-0.3, -0.25) is 4.79 Å². The van der Waals surface area contributed by atoms with Gasteiger partial charge in [-0.15, -0.1) is 11.3 Å². The number of nitrogens with zero attached hydrogens (tertiary/aromatic N) is 2. The average molecular weight is 393 g/mol. The van der Waals surface area contributed by atoms with Crippen molar-refractivity contribution in [1.29, 1.82) is 0 Å². The van der Waals surface area contributed by atoms with Crippen molar-refractivity contribution in [3.8, 4) is 21.9 Å². The van der Waals surface area contributed by atoms with Crippen LogP contribution in [0.1, 0.15) is 12.3 Å². The molecule has 4 rings (SSSR count). The number of rotatable bonds is 6. The van der Waals surface area contributed by atoms with Gasteiger partial charge in [0, 0.05) is 41.2 Å². The van der Waals surface area contributed by atoms with Crippen LogP contribution in [0.3, 0.4) is 0 Å². The van der Waals surface area contributed by atoms with Crippen LogP contribution in [0.4, 0.5) is 10.1 Å². The molecule has 140 valence electrons. The van der Waals surface area contributed by atoms with E-state index in [9.17, 15) is 9.18 Å². The Kier molecular flexibility index (Phi) is 5.25. The quantitative estimate of drug-likeness (QED) is 0.490. The second-order valence-corrected chi connectivity index (χ2v) is 6.98. The lowest BCUT2D eigenvalue weighted by Crippen LogP contribution is -2.12. The summed E-state index contributed by atoms with van der Waals surface area (Å²) in [5.41, 5.74) is 2.48. The Hall–Kier alpha value is -3.32. The molecule has 2 aromatic heterocycles. The molecule has 28 heavy (non-hydrogen) atoms. The van der Waals surface area contributed by atoms with E-state index < -0.39 is 0 Å². The van der Waals surface area contributed by atoms with Crippen molar-refractivity contribution in [3.63, 3.8) is 0 Å². The minimum atomic E-state index is -0.306. The van der Waals surface area contributed by atoms with E-state index in [2.05, 4.69) is 15.3 Å². The monoisotopic (exact) mass is 393 g/mol. The molecular formula is C21H16FN3O2S. The largest absolute Gasteiger partial charge is 0.441 e. The predicted molar refractivity (Wildman–Crippen MR) is 106 cm³/mol. The van der Waals surface area contributed by atoms with Crippen LogP contribution in [-0.2, 0) is 11.2 Å². The van der Waals surface area contributed by atoms with E-state index in [1.54, 1.807) is 35.9 Å². The number of nitrogens with one attached hydrogen (secondary N) is 1. The summed E-state index contributed by atoms with van der Waals surface area (Å²) in [6.45, 7) is 0. The van der Waals surface area contributed by atoms with Crippen LogP contribution in [-0.4, -0.2) is 15.9 Å². The minimum absolute atomic E-state index is 0.122. The van der Waals surface area contributed by atoms with Gasteiger partial charge in [0.1, 0.15) is 10.8 Å².